The number of aromatic nitrogens is 1. The van der Waals surface area contributed by atoms with Gasteiger partial charge in [-0.05, 0) is 74.4 Å². The molecule has 1 aromatic heterocycles. The van der Waals surface area contributed by atoms with Crippen LogP contribution in [0.25, 0.3) is 11.8 Å². The summed E-state index contributed by atoms with van der Waals surface area (Å²) in [6, 6.07) is 7.31. The number of carbonyl (C=O) groups excluding carboxylic acids is 1. The van der Waals surface area contributed by atoms with Crippen LogP contribution in [-0.2, 0) is 4.79 Å². The van der Waals surface area contributed by atoms with E-state index in [1.807, 2.05) is 30.5 Å². The van der Waals surface area contributed by atoms with Crippen molar-refractivity contribution in [3.05, 3.63) is 56.8 Å². The van der Waals surface area contributed by atoms with Crippen molar-refractivity contribution in [1.82, 2.24) is 9.58 Å². The van der Waals surface area contributed by atoms with Gasteiger partial charge in [0.25, 0.3) is 5.91 Å². The first-order chi connectivity index (χ1) is 14.8. The summed E-state index contributed by atoms with van der Waals surface area (Å²) in [4.78, 5) is 16.9. The quantitative estimate of drug-likeness (QED) is 0.524. The Morgan fingerprint density at radius 2 is 2.00 bits per heavy atom. The number of benzene rings is 1. The fourth-order valence-electron chi connectivity index (χ4n) is 3.58. The Hall–Kier alpha value is -2.35. The van der Waals surface area contributed by atoms with Gasteiger partial charge in [0.05, 0.1) is 16.3 Å². The molecule has 6 nitrogen and oxygen atoms in total. The zero-order valence-corrected chi connectivity index (χ0v) is 19.7. The van der Waals surface area contributed by atoms with Crippen LogP contribution in [0.4, 0.5) is 0 Å². The molecule has 3 heterocycles. The summed E-state index contributed by atoms with van der Waals surface area (Å²) >= 11 is 13.8. The number of amides is 1. The number of nitrogens with zero attached hydrogens (tertiary/aromatic N) is 4. The zero-order valence-electron chi connectivity index (χ0n) is 17.4. The topological polar surface area (TPSA) is 73.8 Å². The number of unbranched alkanes of at least 4 members (excludes halogenated alkanes) is 1. The number of halogens is 2. The van der Waals surface area contributed by atoms with Crippen molar-refractivity contribution in [2.75, 3.05) is 0 Å². The highest BCUT2D eigenvalue weighted by Crippen LogP contribution is 2.32. The fraction of sp³-hybridized carbons (Fsp3) is 0.273. The molecule has 2 aliphatic heterocycles. The third kappa shape index (κ3) is 4.10. The largest absolute Gasteiger partial charge is 0.316 e. The van der Waals surface area contributed by atoms with E-state index in [1.54, 1.807) is 18.2 Å². The third-order valence-electron chi connectivity index (χ3n) is 5.16. The summed E-state index contributed by atoms with van der Waals surface area (Å²) in [5.41, 5.74) is 3.68. The summed E-state index contributed by atoms with van der Waals surface area (Å²) in [5.74, 6) is -0.381. The Balaban J connectivity index is 1.71. The lowest BCUT2D eigenvalue weighted by Gasteiger charge is -2.20. The Bertz CT molecular complexity index is 1190. The molecule has 31 heavy (non-hydrogen) atoms. The molecule has 9 heteroatoms. The molecule has 2 aliphatic rings. The SMILES string of the molecule is CCCCC1=NN2C(=N)/C(=C/c3cc(C)n(-c4ccc(Cl)cc4Cl)c3C)C(=O)N=C2S1. The lowest BCUT2D eigenvalue weighted by Crippen LogP contribution is -2.35. The molecule has 1 amide bonds. The van der Waals surface area contributed by atoms with Crippen LogP contribution < -0.4 is 0 Å². The summed E-state index contributed by atoms with van der Waals surface area (Å²) in [7, 11) is 0. The van der Waals surface area contributed by atoms with Crippen molar-refractivity contribution >= 4 is 63.0 Å². The van der Waals surface area contributed by atoms with Crippen molar-refractivity contribution in [2.24, 2.45) is 10.1 Å². The van der Waals surface area contributed by atoms with Gasteiger partial charge in [0.1, 0.15) is 5.04 Å². The molecule has 0 bridgehead atoms. The second kappa shape index (κ2) is 8.65. The van der Waals surface area contributed by atoms with Gasteiger partial charge in [0, 0.05) is 16.4 Å². The maximum absolute atomic E-state index is 12.7. The fourth-order valence-corrected chi connectivity index (χ4v) is 5.00. The van der Waals surface area contributed by atoms with Crippen molar-refractivity contribution in [1.29, 1.82) is 5.41 Å². The van der Waals surface area contributed by atoms with Crippen LogP contribution in [0.2, 0.25) is 10.0 Å². The molecule has 0 atom stereocenters. The maximum Gasteiger partial charge on any atom is 0.283 e. The van der Waals surface area contributed by atoms with Crippen molar-refractivity contribution < 1.29 is 4.79 Å². The van der Waals surface area contributed by atoms with Crippen LogP contribution in [0.15, 0.2) is 39.9 Å². The van der Waals surface area contributed by atoms with E-state index in [4.69, 9.17) is 28.6 Å². The van der Waals surface area contributed by atoms with Gasteiger partial charge in [-0.25, -0.2) is 0 Å². The lowest BCUT2D eigenvalue weighted by molar-refractivity contribution is -0.114. The number of hydrogen-bond acceptors (Lipinski definition) is 4. The molecule has 160 valence electrons. The average molecular weight is 474 g/mol. The normalized spacial score (nSPS) is 17.3. The van der Waals surface area contributed by atoms with Gasteiger partial charge in [-0.3, -0.25) is 10.2 Å². The minimum atomic E-state index is -0.426. The molecule has 4 rings (SSSR count). The van der Waals surface area contributed by atoms with Crippen molar-refractivity contribution in [3.63, 3.8) is 0 Å². The van der Waals surface area contributed by atoms with E-state index in [9.17, 15) is 4.79 Å². The number of aliphatic imine (C=N–C) groups is 1. The first kappa shape index (κ1) is 21.9. The highest BCUT2D eigenvalue weighted by atomic mass is 35.5. The van der Waals surface area contributed by atoms with Gasteiger partial charge < -0.3 is 4.57 Å². The van der Waals surface area contributed by atoms with Crippen molar-refractivity contribution in [2.45, 2.75) is 40.0 Å². The predicted molar refractivity (Wildman–Crippen MR) is 130 cm³/mol. The number of thioether (sulfide) groups is 1. The van der Waals surface area contributed by atoms with Gasteiger partial charge >= 0.3 is 0 Å². The molecule has 0 saturated carbocycles. The zero-order chi connectivity index (χ0) is 22.3. The van der Waals surface area contributed by atoms with E-state index in [0.717, 1.165) is 46.9 Å². The third-order valence-corrected chi connectivity index (χ3v) is 6.67. The van der Waals surface area contributed by atoms with E-state index in [1.165, 1.54) is 16.8 Å². The minimum absolute atomic E-state index is 0.0447. The number of aryl methyl sites for hydroxylation is 1. The monoisotopic (exact) mass is 473 g/mol. The van der Waals surface area contributed by atoms with E-state index in [2.05, 4.69) is 17.0 Å². The smallest absolute Gasteiger partial charge is 0.283 e. The van der Waals surface area contributed by atoms with Gasteiger partial charge in [-0.1, -0.05) is 36.5 Å². The van der Waals surface area contributed by atoms with Gasteiger partial charge in [0.15, 0.2) is 5.84 Å². The van der Waals surface area contributed by atoms with Gasteiger partial charge in [-0.15, -0.1) is 0 Å². The van der Waals surface area contributed by atoms with Crippen LogP contribution in [0.3, 0.4) is 0 Å². The summed E-state index contributed by atoms with van der Waals surface area (Å²) < 4.78 is 2.00. The van der Waals surface area contributed by atoms with Crippen LogP contribution >= 0.6 is 35.0 Å². The van der Waals surface area contributed by atoms with Crippen LogP contribution in [0.1, 0.15) is 43.1 Å². The lowest BCUT2D eigenvalue weighted by atomic mass is 10.1. The highest BCUT2D eigenvalue weighted by Gasteiger charge is 2.35. The number of fused-ring (bicyclic) bond motifs is 1. The molecule has 0 unspecified atom stereocenters. The van der Waals surface area contributed by atoms with Crippen LogP contribution in [0, 0.1) is 19.3 Å². The van der Waals surface area contributed by atoms with Crippen molar-refractivity contribution in [3.8, 4) is 5.69 Å². The number of hydrazone groups is 1. The maximum atomic E-state index is 12.7. The van der Waals surface area contributed by atoms with Gasteiger partial charge in [-0.2, -0.15) is 15.1 Å². The molecular weight excluding hydrogens is 453 g/mol. The Morgan fingerprint density at radius 3 is 2.71 bits per heavy atom. The molecule has 0 spiro atoms. The molecule has 0 aliphatic carbocycles. The van der Waals surface area contributed by atoms with E-state index in [0.29, 0.717) is 15.2 Å². The molecule has 0 saturated heterocycles. The number of carbonyl (C=O) groups is 1. The molecule has 0 fully saturated rings. The predicted octanol–water partition coefficient (Wildman–Crippen LogP) is 6.21. The van der Waals surface area contributed by atoms with E-state index in [-0.39, 0.29) is 11.4 Å². The molecule has 0 radical (unpaired) electrons. The molecule has 1 N–H and O–H groups in total. The van der Waals surface area contributed by atoms with Crippen LogP contribution in [0.5, 0.6) is 0 Å². The number of amidine groups is 2. The summed E-state index contributed by atoms with van der Waals surface area (Å²) in [6.07, 6.45) is 4.59. The number of rotatable bonds is 5. The highest BCUT2D eigenvalue weighted by molar-refractivity contribution is 8.26. The standard InChI is InChI=1S/C22H21Cl2N5OS/c1-4-5-6-19-27-29-20(25)16(21(30)26-22(29)31-19)10-14-9-12(2)28(13(14)3)18-8-7-15(23)11-17(18)24/h7-11,25H,4-6H2,1-3H3/b16-10-,25-20?. The Morgan fingerprint density at radius 1 is 1.23 bits per heavy atom. The summed E-state index contributed by atoms with van der Waals surface area (Å²) in [5, 5.41) is 17.0. The second-order valence-electron chi connectivity index (χ2n) is 7.37. The molecule has 2 aromatic rings. The second-order valence-corrected chi connectivity index (χ2v) is 9.26. The van der Waals surface area contributed by atoms with E-state index >= 15 is 0 Å². The van der Waals surface area contributed by atoms with Crippen LogP contribution in [-0.4, -0.2) is 31.5 Å². The van der Waals surface area contributed by atoms with Gasteiger partial charge in [0.2, 0.25) is 5.17 Å². The number of hydrogen-bond donors (Lipinski definition) is 1. The Labute approximate surface area is 195 Å². The summed E-state index contributed by atoms with van der Waals surface area (Å²) in [6.45, 7) is 6.03. The first-order valence-corrected chi connectivity index (χ1v) is 11.5. The molecular formula is C22H21Cl2N5OS. The number of nitrogens with one attached hydrogen (secondary N) is 1. The average Bonchev–Trinajstić information content (AvgIpc) is 3.24. The molecule has 1 aromatic carbocycles. The minimum Gasteiger partial charge on any atom is -0.316 e. The first-order valence-electron chi connectivity index (χ1n) is 9.93. The Kier molecular flexibility index (Phi) is 6.10. The van der Waals surface area contributed by atoms with E-state index < -0.39 is 5.91 Å².